The lowest BCUT2D eigenvalue weighted by Gasteiger charge is -2.42. The van der Waals surface area contributed by atoms with Gasteiger partial charge in [-0.15, -0.1) is 0 Å². The maximum Gasteiger partial charge on any atom is 0.238 e. The van der Waals surface area contributed by atoms with E-state index in [-0.39, 0.29) is 57.6 Å². The van der Waals surface area contributed by atoms with Crippen molar-refractivity contribution >= 4 is 73.7 Å². The van der Waals surface area contributed by atoms with Crippen LogP contribution in [0.1, 0.15) is 24.3 Å². The standard InChI is InChI=1S/C36H28BrClN4O5/c1-41(2)21-8-4-19(5-9-21)39-40-20-6-10-22(11-7-20)42-35(46)24-13-12-23-25(32(24)36(42)47)16-27-33(30(44)17-28(37)34(27)45)31(23)26-15-18(38)3-14-29(26)43/h3-12,14-15,17,24-25,31-32,43H,13,16H2,1-2H3/t24-,25+,31+,32-/m0/s1. The zero-order valence-electron chi connectivity index (χ0n) is 25.4. The fraction of sp³-hybridized carbons (Fsp3) is 0.222. The molecule has 4 aliphatic rings. The number of fused-ring (bicyclic) bond motifs is 3. The molecule has 47 heavy (non-hydrogen) atoms. The van der Waals surface area contributed by atoms with Crippen molar-refractivity contribution in [2.24, 2.45) is 28.0 Å². The van der Waals surface area contributed by atoms with Gasteiger partial charge in [0.25, 0.3) is 0 Å². The molecule has 3 aromatic carbocycles. The van der Waals surface area contributed by atoms with Crippen LogP contribution in [0.5, 0.6) is 5.75 Å². The quantitative estimate of drug-likeness (QED) is 0.127. The summed E-state index contributed by atoms with van der Waals surface area (Å²) in [6.45, 7) is 0. The lowest BCUT2D eigenvalue weighted by molar-refractivity contribution is -0.123. The molecule has 4 atom stereocenters. The Hall–Kier alpha value is -4.67. The van der Waals surface area contributed by atoms with Crippen LogP contribution >= 0.6 is 27.5 Å². The molecule has 3 aromatic rings. The van der Waals surface area contributed by atoms with E-state index >= 15 is 0 Å². The van der Waals surface area contributed by atoms with E-state index in [2.05, 4.69) is 26.2 Å². The number of Topliss-reactive ketones (excluding diaryl/α,β-unsaturated/α-hetero) is 1. The smallest absolute Gasteiger partial charge is 0.238 e. The summed E-state index contributed by atoms with van der Waals surface area (Å²) in [6.07, 6.45) is 3.54. The number of amides is 2. The third-order valence-electron chi connectivity index (χ3n) is 9.39. The number of rotatable bonds is 5. The molecular weight excluding hydrogens is 684 g/mol. The normalized spacial score (nSPS) is 23.9. The summed E-state index contributed by atoms with van der Waals surface area (Å²) in [5.74, 6) is -4.19. The summed E-state index contributed by atoms with van der Waals surface area (Å²) in [6, 6.07) is 18.9. The van der Waals surface area contributed by atoms with Crippen LogP contribution in [-0.4, -0.2) is 42.6 Å². The van der Waals surface area contributed by atoms with Crippen LogP contribution in [0.3, 0.4) is 0 Å². The lowest BCUT2D eigenvalue weighted by atomic mass is 9.59. The fourth-order valence-electron chi connectivity index (χ4n) is 7.17. The Balaban J connectivity index is 1.20. The molecule has 0 bridgehead atoms. The molecule has 2 amide bonds. The minimum absolute atomic E-state index is 0.0814. The molecule has 11 heteroatoms. The summed E-state index contributed by atoms with van der Waals surface area (Å²) in [4.78, 5) is 58.1. The Morgan fingerprint density at radius 2 is 1.55 bits per heavy atom. The largest absolute Gasteiger partial charge is 0.508 e. The molecule has 0 aromatic heterocycles. The number of nitrogens with zero attached hydrogens (tertiary/aromatic N) is 4. The van der Waals surface area contributed by atoms with Crippen LogP contribution in [0.15, 0.2) is 110 Å². The average Bonchev–Trinajstić information content (AvgIpc) is 3.32. The van der Waals surface area contributed by atoms with Crippen molar-refractivity contribution in [2.45, 2.75) is 18.8 Å². The number of azo groups is 1. The van der Waals surface area contributed by atoms with E-state index in [9.17, 15) is 24.3 Å². The third kappa shape index (κ3) is 5.25. The Morgan fingerprint density at radius 3 is 2.21 bits per heavy atom. The van der Waals surface area contributed by atoms with Crippen molar-refractivity contribution in [3.8, 4) is 5.75 Å². The first-order chi connectivity index (χ1) is 22.5. The van der Waals surface area contributed by atoms with E-state index in [0.717, 1.165) is 11.3 Å². The second-order valence-corrected chi connectivity index (χ2v) is 13.5. The number of hydrogen-bond donors (Lipinski definition) is 1. The van der Waals surface area contributed by atoms with Gasteiger partial charge in [0.05, 0.1) is 33.4 Å². The number of carbonyl (C=O) groups is 4. The molecule has 9 nitrogen and oxygen atoms in total. The Bertz CT molecular complexity index is 2000. The van der Waals surface area contributed by atoms with E-state index in [0.29, 0.717) is 27.6 Å². The molecule has 0 spiro atoms. The fourth-order valence-corrected chi connectivity index (χ4v) is 7.80. The van der Waals surface area contributed by atoms with Gasteiger partial charge in [-0.3, -0.25) is 24.1 Å². The van der Waals surface area contributed by atoms with Gasteiger partial charge in [-0.2, -0.15) is 10.2 Å². The molecule has 1 N–H and O–H groups in total. The number of hydrogen-bond acceptors (Lipinski definition) is 8. The van der Waals surface area contributed by atoms with Crippen LogP contribution in [0, 0.1) is 17.8 Å². The van der Waals surface area contributed by atoms with E-state index in [1.807, 2.05) is 49.3 Å². The first kappa shape index (κ1) is 31.0. The maximum absolute atomic E-state index is 14.2. The van der Waals surface area contributed by atoms with Gasteiger partial charge in [0.15, 0.2) is 11.6 Å². The monoisotopic (exact) mass is 710 g/mol. The van der Waals surface area contributed by atoms with Crippen LogP contribution in [0.4, 0.5) is 22.7 Å². The highest BCUT2D eigenvalue weighted by Gasteiger charge is 2.56. The van der Waals surface area contributed by atoms with Crippen molar-refractivity contribution in [1.29, 1.82) is 0 Å². The number of phenols is 1. The summed E-state index contributed by atoms with van der Waals surface area (Å²) < 4.78 is 0.133. The molecular formula is C36H28BrClN4O5. The van der Waals surface area contributed by atoms with Gasteiger partial charge in [-0.25, -0.2) is 0 Å². The highest BCUT2D eigenvalue weighted by molar-refractivity contribution is 9.12. The second kappa shape index (κ2) is 11.8. The molecule has 0 radical (unpaired) electrons. The Morgan fingerprint density at radius 1 is 0.894 bits per heavy atom. The predicted molar refractivity (Wildman–Crippen MR) is 182 cm³/mol. The molecule has 1 fully saturated rings. The number of ketones is 2. The van der Waals surface area contributed by atoms with Gasteiger partial charge in [-0.05, 0) is 101 Å². The van der Waals surface area contributed by atoms with Crippen LogP contribution < -0.4 is 9.80 Å². The Labute approximate surface area is 284 Å². The van der Waals surface area contributed by atoms with Crippen molar-refractivity contribution in [3.63, 3.8) is 0 Å². The summed E-state index contributed by atoms with van der Waals surface area (Å²) in [7, 11) is 3.92. The van der Waals surface area contributed by atoms with Crippen LogP contribution in [0.25, 0.3) is 0 Å². The van der Waals surface area contributed by atoms with Crippen LogP contribution in [0.2, 0.25) is 5.02 Å². The summed E-state index contributed by atoms with van der Waals surface area (Å²) >= 11 is 9.56. The zero-order chi connectivity index (χ0) is 33.1. The SMILES string of the molecule is CN(C)c1ccc(N=Nc2ccc(N3C(=O)[C@H]4[C@H](CC=C5[C@H](c6cc(Cl)ccc6O)C6=C(C[C@H]54)C(=O)C(Br)=CC6=O)C3=O)cc2)cc1. The average molecular weight is 712 g/mol. The van der Waals surface area contributed by atoms with Crippen LogP contribution in [-0.2, 0) is 19.2 Å². The zero-order valence-corrected chi connectivity index (χ0v) is 27.7. The van der Waals surface area contributed by atoms with E-state index < -0.39 is 23.7 Å². The number of allylic oxidation sites excluding steroid dienone is 6. The minimum atomic E-state index is -0.794. The van der Waals surface area contributed by atoms with E-state index in [1.165, 1.54) is 23.1 Å². The van der Waals surface area contributed by atoms with Crippen molar-refractivity contribution in [2.75, 3.05) is 23.9 Å². The maximum atomic E-state index is 14.2. The first-order valence-electron chi connectivity index (χ1n) is 15.1. The molecule has 3 aliphatic carbocycles. The molecule has 236 valence electrons. The van der Waals surface area contributed by atoms with Crippen molar-refractivity contribution in [1.82, 2.24) is 0 Å². The van der Waals surface area contributed by atoms with Crippen molar-refractivity contribution < 1.29 is 24.3 Å². The van der Waals surface area contributed by atoms with Crippen molar-refractivity contribution in [3.05, 3.63) is 111 Å². The molecule has 1 heterocycles. The molecule has 0 saturated carbocycles. The van der Waals surface area contributed by atoms with Gasteiger partial charge < -0.3 is 10.0 Å². The molecule has 1 aliphatic heterocycles. The predicted octanol–water partition coefficient (Wildman–Crippen LogP) is 7.49. The Kier molecular flexibility index (Phi) is 7.80. The summed E-state index contributed by atoms with van der Waals surface area (Å²) in [5, 5.41) is 19.9. The lowest BCUT2D eigenvalue weighted by Crippen LogP contribution is -2.39. The van der Waals surface area contributed by atoms with Gasteiger partial charge in [-0.1, -0.05) is 23.3 Å². The number of anilines is 2. The first-order valence-corrected chi connectivity index (χ1v) is 16.2. The molecule has 0 unspecified atom stereocenters. The topological polar surface area (TPSA) is 120 Å². The number of benzene rings is 3. The summed E-state index contributed by atoms with van der Waals surface area (Å²) in [5.41, 5.74) is 4.35. The van der Waals surface area contributed by atoms with Gasteiger partial charge in [0.1, 0.15) is 5.75 Å². The number of aromatic hydroxyl groups is 1. The minimum Gasteiger partial charge on any atom is -0.508 e. The highest BCUT2D eigenvalue weighted by Crippen LogP contribution is 2.56. The number of phenolic OH excluding ortho intramolecular Hbond substituents is 1. The van der Waals surface area contributed by atoms with Gasteiger partial charge in [0, 0.05) is 53.5 Å². The highest BCUT2D eigenvalue weighted by atomic mass is 79.9. The van der Waals surface area contributed by atoms with E-state index in [1.54, 1.807) is 30.3 Å². The molecule has 1 saturated heterocycles. The number of halogens is 2. The van der Waals surface area contributed by atoms with Gasteiger partial charge >= 0.3 is 0 Å². The van der Waals surface area contributed by atoms with Gasteiger partial charge in [0.2, 0.25) is 11.8 Å². The number of imide groups is 1. The van der Waals surface area contributed by atoms with E-state index in [4.69, 9.17) is 11.6 Å². The second-order valence-electron chi connectivity index (χ2n) is 12.2. The number of carbonyl (C=O) groups excluding carboxylic acids is 4. The molecule has 7 rings (SSSR count). The third-order valence-corrected chi connectivity index (χ3v) is 10.2.